The van der Waals surface area contributed by atoms with Gasteiger partial charge in [0.1, 0.15) is 0 Å². The number of anilines is 1. The minimum atomic E-state index is -0.601. The Hall–Kier alpha value is -2.66. The van der Waals surface area contributed by atoms with E-state index in [0.29, 0.717) is 34.8 Å². The molecular weight excluding hydrogens is 342 g/mol. The average Bonchev–Trinajstić information content (AvgIpc) is 3.06. The Morgan fingerprint density at radius 1 is 1.08 bits per heavy atom. The summed E-state index contributed by atoms with van der Waals surface area (Å²) in [5, 5.41) is 0.529. The second-order valence-corrected chi connectivity index (χ2v) is 6.14. The summed E-state index contributed by atoms with van der Waals surface area (Å²) in [4.78, 5) is 37.7. The number of nitrogens with zero attached hydrogens (tertiary/aromatic N) is 1. The molecule has 0 N–H and O–H groups in total. The molecule has 6 heteroatoms. The Kier molecular flexibility index (Phi) is 5.14. The largest absolute Gasteiger partial charge is 0.454 e. The standard InChI is InChI=1S/C19H16ClNO4/c20-15-8-6-13(7-9-15)17(22)12-25-19(24)14-3-1-4-16(11-14)21-10-2-5-18(21)23/h1,3-4,6-9,11H,2,5,10,12H2. The van der Waals surface area contributed by atoms with Crippen molar-refractivity contribution in [2.45, 2.75) is 12.8 Å². The smallest absolute Gasteiger partial charge is 0.338 e. The van der Waals surface area contributed by atoms with E-state index in [0.717, 1.165) is 6.42 Å². The molecule has 0 aliphatic carbocycles. The van der Waals surface area contributed by atoms with E-state index in [4.69, 9.17) is 16.3 Å². The maximum Gasteiger partial charge on any atom is 0.338 e. The predicted molar refractivity (Wildman–Crippen MR) is 94.1 cm³/mol. The minimum absolute atomic E-state index is 0.0448. The third kappa shape index (κ3) is 4.06. The maximum atomic E-state index is 12.2. The SMILES string of the molecule is O=C(COC(=O)c1cccc(N2CCCC2=O)c1)c1ccc(Cl)cc1. The highest BCUT2D eigenvalue weighted by Gasteiger charge is 2.22. The molecule has 1 aliphatic heterocycles. The first-order chi connectivity index (χ1) is 12.0. The zero-order valence-corrected chi connectivity index (χ0v) is 14.2. The second kappa shape index (κ2) is 7.49. The molecule has 2 aromatic rings. The van der Waals surface area contributed by atoms with Crippen LogP contribution in [0, 0.1) is 0 Å². The number of benzene rings is 2. The van der Waals surface area contributed by atoms with Gasteiger partial charge in [-0.15, -0.1) is 0 Å². The summed E-state index contributed by atoms with van der Waals surface area (Å²) >= 11 is 5.78. The van der Waals surface area contributed by atoms with Gasteiger partial charge in [0, 0.05) is 29.2 Å². The van der Waals surface area contributed by atoms with Gasteiger partial charge in [-0.25, -0.2) is 4.79 Å². The van der Waals surface area contributed by atoms with Crippen LogP contribution < -0.4 is 4.90 Å². The third-order valence-electron chi connectivity index (χ3n) is 3.97. The number of halogens is 1. The van der Waals surface area contributed by atoms with Crippen molar-refractivity contribution in [3.05, 3.63) is 64.7 Å². The molecule has 0 radical (unpaired) electrons. The molecule has 2 aromatic carbocycles. The molecule has 128 valence electrons. The van der Waals surface area contributed by atoms with Gasteiger partial charge < -0.3 is 9.64 Å². The molecule has 0 saturated carbocycles. The average molecular weight is 358 g/mol. The first kappa shape index (κ1) is 17.2. The van der Waals surface area contributed by atoms with Crippen molar-refractivity contribution in [1.82, 2.24) is 0 Å². The molecule has 0 atom stereocenters. The molecule has 1 fully saturated rings. The van der Waals surface area contributed by atoms with Gasteiger partial charge in [0.2, 0.25) is 5.91 Å². The van der Waals surface area contributed by atoms with E-state index in [1.807, 2.05) is 0 Å². The normalized spacial score (nSPS) is 13.8. The molecule has 0 aromatic heterocycles. The highest BCUT2D eigenvalue weighted by Crippen LogP contribution is 2.22. The molecule has 1 amide bonds. The summed E-state index contributed by atoms with van der Waals surface area (Å²) in [6.07, 6.45) is 1.33. The van der Waals surface area contributed by atoms with Crippen LogP contribution in [0.1, 0.15) is 33.6 Å². The molecular formula is C19H16ClNO4. The van der Waals surface area contributed by atoms with Crippen molar-refractivity contribution in [2.24, 2.45) is 0 Å². The van der Waals surface area contributed by atoms with Crippen LogP contribution in [0.25, 0.3) is 0 Å². The van der Waals surface area contributed by atoms with Gasteiger partial charge in [-0.2, -0.15) is 0 Å². The van der Waals surface area contributed by atoms with Gasteiger partial charge in [0.05, 0.1) is 5.56 Å². The fourth-order valence-electron chi connectivity index (χ4n) is 2.66. The summed E-state index contributed by atoms with van der Waals surface area (Å²) in [6.45, 7) is 0.291. The summed E-state index contributed by atoms with van der Waals surface area (Å²) in [7, 11) is 0. The maximum absolute atomic E-state index is 12.2. The van der Waals surface area contributed by atoms with Gasteiger partial charge >= 0.3 is 5.97 Å². The van der Waals surface area contributed by atoms with Gasteiger partial charge in [0.15, 0.2) is 12.4 Å². The van der Waals surface area contributed by atoms with Crippen molar-refractivity contribution < 1.29 is 19.1 Å². The van der Waals surface area contributed by atoms with Crippen LogP contribution in [0.5, 0.6) is 0 Å². The van der Waals surface area contributed by atoms with Crippen molar-refractivity contribution in [3.8, 4) is 0 Å². The summed E-state index contributed by atoms with van der Waals surface area (Å²) in [5.41, 5.74) is 1.40. The first-order valence-electron chi connectivity index (χ1n) is 7.91. The molecule has 1 aliphatic rings. The van der Waals surface area contributed by atoms with E-state index in [9.17, 15) is 14.4 Å². The highest BCUT2D eigenvalue weighted by atomic mass is 35.5. The Labute approximate surface area is 150 Å². The number of amides is 1. The van der Waals surface area contributed by atoms with Gasteiger partial charge in [-0.1, -0.05) is 17.7 Å². The summed E-state index contributed by atoms with van der Waals surface area (Å²) < 4.78 is 5.09. The molecule has 5 nitrogen and oxygen atoms in total. The quantitative estimate of drug-likeness (QED) is 0.607. The van der Waals surface area contributed by atoms with Gasteiger partial charge in [0.25, 0.3) is 0 Å². The topological polar surface area (TPSA) is 63.7 Å². The summed E-state index contributed by atoms with van der Waals surface area (Å²) in [6, 6.07) is 13.0. The van der Waals surface area contributed by atoms with Crippen molar-refractivity contribution in [2.75, 3.05) is 18.1 Å². The first-order valence-corrected chi connectivity index (χ1v) is 8.29. The number of hydrogen-bond donors (Lipinski definition) is 0. The zero-order chi connectivity index (χ0) is 17.8. The van der Waals surface area contributed by atoms with Crippen molar-refractivity contribution >= 4 is 34.9 Å². The number of ether oxygens (including phenoxy) is 1. The molecule has 3 rings (SSSR count). The van der Waals surface area contributed by atoms with Gasteiger partial charge in [-0.05, 0) is 48.9 Å². The molecule has 25 heavy (non-hydrogen) atoms. The van der Waals surface area contributed by atoms with Crippen molar-refractivity contribution in [1.29, 1.82) is 0 Å². The Morgan fingerprint density at radius 3 is 2.52 bits per heavy atom. The van der Waals surface area contributed by atoms with E-state index in [2.05, 4.69) is 0 Å². The minimum Gasteiger partial charge on any atom is -0.454 e. The Morgan fingerprint density at radius 2 is 1.84 bits per heavy atom. The number of hydrogen-bond acceptors (Lipinski definition) is 4. The number of rotatable bonds is 5. The van der Waals surface area contributed by atoms with E-state index in [1.54, 1.807) is 53.4 Å². The monoisotopic (exact) mass is 357 g/mol. The van der Waals surface area contributed by atoms with Crippen LogP contribution in [0.3, 0.4) is 0 Å². The molecule has 1 heterocycles. The van der Waals surface area contributed by atoms with E-state index >= 15 is 0 Å². The number of esters is 1. The molecule has 0 spiro atoms. The fraction of sp³-hybridized carbons (Fsp3) is 0.211. The lowest BCUT2D eigenvalue weighted by molar-refractivity contribution is -0.117. The lowest BCUT2D eigenvalue weighted by Gasteiger charge is -2.16. The Bertz CT molecular complexity index is 816. The molecule has 1 saturated heterocycles. The number of carbonyl (C=O) groups is 3. The second-order valence-electron chi connectivity index (χ2n) is 5.71. The van der Waals surface area contributed by atoms with Crippen LogP contribution in [-0.4, -0.2) is 30.8 Å². The van der Waals surface area contributed by atoms with Crippen LogP contribution in [0.2, 0.25) is 5.02 Å². The van der Waals surface area contributed by atoms with Crippen LogP contribution in [0.15, 0.2) is 48.5 Å². The van der Waals surface area contributed by atoms with E-state index < -0.39 is 5.97 Å². The predicted octanol–water partition coefficient (Wildman–Crippen LogP) is 3.51. The van der Waals surface area contributed by atoms with E-state index in [1.165, 1.54) is 0 Å². The lowest BCUT2D eigenvalue weighted by atomic mass is 10.1. The lowest BCUT2D eigenvalue weighted by Crippen LogP contribution is -2.24. The Balaban J connectivity index is 1.64. The van der Waals surface area contributed by atoms with Crippen LogP contribution >= 0.6 is 11.6 Å². The third-order valence-corrected chi connectivity index (χ3v) is 4.22. The van der Waals surface area contributed by atoms with E-state index in [-0.39, 0.29) is 18.3 Å². The fourth-order valence-corrected chi connectivity index (χ4v) is 2.78. The highest BCUT2D eigenvalue weighted by molar-refractivity contribution is 6.30. The zero-order valence-electron chi connectivity index (χ0n) is 13.4. The summed E-state index contributed by atoms with van der Waals surface area (Å²) in [5.74, 6) is -0.866. The number of Topliss-reactive ketones (excluding diaryl/α,β-unsaturated/α-hetero) is 1. The molecule has 0 bridgehead atoms. The van der Waals surface area contributed by atoms with Crippen LogP contribution in [-0.2, 0) is 9.53 Å². The van der Waals surface area contributed by atoms with Gasteiger partial charge in [-0.3, -0.25) is 9.59 Å². The van der Waals surface area contributed by atoms with Crippen LogP contribution in [0.4, 0.5) is 5.69 Å². The number of carbonyl (C=O) groups excluding carboxylic acids is 3. The molecule has 0 unspecified atom stereocenters. The van der Waals surface area contributed by atoms with Crippen molar-refractivity contribution in [3.63, 3.8) is 0 Å². The number of ketones is 1.